The van der Waals surface area contributed by atoms with Gasteiger partial charge in [0.15, 0.2) is 0 Å². The summed E-state index contributed by atoms with van der Waals surface area (Å²) in [5.74, 6) is 0. The molecule has 19 heavy (non-hydrogen) atoms. The van der Waals surface area contributed by atoms with E-state index < -0.39 is 0 Å². The SMILES string of the molecule is Cc1ccc(C)c(-c2cc(=O)oc3ccccc23)c1. The van der Waals surface area contributed by atoms with E-state index in [0.717, 1.165) is 22.1 Å². The molecule has 0 unspecified atom stereocenters. The van der Waals surface area contributed by atoms with Crippen molar-refractivity contribution in [1.82, 2.24) is 0 Å². The number of para-hydroxylation sites is 1. The second-order valence-electron chi connectivity index (χ2n) is 4.79. The molecule has 0 N–H and O–H groups in total. The van der Waals surface area contributed by atoms with Gasteiger partial charge in [-0.2, -0.15) is 0 Å². The lowest BCUT2D eigenvalue weighted by Gasteiger charge is -2.09. The van der Waals surface area contributed by atoms with Gasteiger partial charge in [0.25, 0.3) is 0 Å². The Labute approximate surface area is 111 Å². The molecule has 0 aliphatic heterocycles. The van der Waals surface area contributed by atoms with Crippen molar-refractivity contribution in [3.05, 3.63) is 70.1 Å². The van der Waals surface area contributed by atoms with Gasteiger partial charge in [-0.1, -0.05) is 42.0 Å². The van der Waals surface area contributed by atoms with E-state index >= 15 is 0 Å². The van der Waals surface area contributed by atoms with E-state index in [-0.39, 0.29) is 5.63 Å². The van der Waals surface area contributed by atoms with E-state index in [1.54, 1.807) is 6.07 Å². The molecule has 0 bridgehead atoms. The van der Waals surface area contributed by atoms with Crippen molar-refractivity contribution in [2.45, 2.75) is 13.8 Å². The fourth-order valence-corrected chi connectivity index (χ4v) is 2.36. The lowest BCUT2D eigenvalue weighted by molar-refractivity contribution is 0.561. The summed E-state index contributed by atoms with van der Waals surface area (Å²) >= 11 is 0. The van der Waals surface area contributed by atoms with Crippen LogP contribution in [0.2, 0.25) is 0 Å². The van der Waals surface area contributed by atoms with Crippen LogP contribution in [0.4, 0.5) is 0 Å². The van der Waals surface area contributed by atoms with Gasteiger partial charge in [-0.3, -0.25) is 0 Å². The molecule has 94 valence electrons. The molecule has 3 rings (SSSR count). The van der Waals surface area contributed by atoms with E-state index in [0.29, 0.717) is 5.58 Å². The highest BCUT2D eigenvalue weighted by Crippen LogP contribution is 2.30. The number of fused-ring (bicyclic) bond motifs is 1. The predicted octanol–water partition coefficient (Wildman–Crippen LogP) is 4.08. The monoisotopic (exact) mass is 250 g/mol. The second-order valence-corrected chi connectivity index (χ2v) is 4.79. The molecular formula is C17H14O2. The Morgan fingerprint density at radius 1 is 0.895 bits per heavy atom. The molecule has 0 aliphatic carbocycles. The third-order valence-electron chi connectivity index (χ3n) is 3.33. The van der Waals surface area contributed by atoms with Crippen LogP contribution < -0.4 is 5.63 Å². The van der Waals surface area contributed by atoms with Gasteiger partial charge >= 0.3 is 5.63 Å². The van der Waals surface area contributed by atoms with E-state index in [2.05, 4.69) is 32.0 Å². The smallest absolute Gasteiger partial charge is 0.336 e. The van der Waals surface area contributed by atoms with Crippen LogP contribution in [0, 0.1) is 13.8 Å². The van der Waals surface area contributed by atoms with E-state index in [9.17, 15) is 4.79 Å². The fraction of sp³-hybridized carbons (Fsp3) is 0.118. The van der Waals surface area contributed by atoms with Gasteiger partial charge in [0.1, 0.15) is 5.58 Å². The van der Waals surface area contributed by atoms with Crippen molar-refractivity contribution < 1.29 is 4.42 Å². The zero-order valence-corrected chi connectivity index (χ0v) is 10.9. The lowest BCUT2D eigenvalue weighted by atomic mass is 9.96. The van der Waals surface area contributed by atoms with Gasteiger partial charge in [0.05, 0.1) is 0 Å². The molecular weight excluding hydrogens is 236 g/mol. The number of aryl methyl sites for hydroxylation is 2. The minimum absolute atomic E-state index is 0.311. The molecule has 1 heterocycles. The van der Waals surface area contributed by atoms with Gasteiger partial charge in [-0.05, 0) is 31.0 Å². The van der Waals surface area contributed by atoms with Crippen molar-refractivity contribution in [1.29, 1.82) is 0 Å². The standard InChI is InChI=1S/C17H14O2/c1-11-7-8-12(2)14(9-11)15-10-17(18)19-16-6-4-3-5-13(15)16/h3-10H,1-2H3. The Kier molecular flexibility index (Phi) is 2.71. The Balaban J connectivity index is 2.42. The molecule has 0 radical (unpaired) electrons. The highest BCUT2D eigenvalue weighted by atomic mass is 16.4. The highest BCUT2D eigenvalue weighted by molar-refractivity contribution is 5.93. The van der Waals surface area contributed by atoms with E-state index in [4.69, 9.17) is 4.42 Å². The molecule has 3 aromatic rings. The molecule has 2 heteroatoms. The third-order valence-corrected chi connectivity index (χ3v) is 3.33. The van der Waals surface area contributed by atoms with Crippen molar-refractivity contribution in [2.75, 3.05) is 0 Å². The van der Waals surface area contributed by atoms with Crippen LogP contribution in [-0.2, 0) is 0 Å². The molecule has 0 aliphatic rings. The summed E-state index contributed by atoms with van der Waals surface area (Å²) in [4.78, 5) is 11.7. The molecule has 2 nitrogen and oxygen atoms in total. The largest absolute Gasteiger partial charge is 0.423 e. The molecule has 0 saturated heterocycles. The Hall–Kier alpha value is -2.35. The maximum atomic E-state index is 11.7. The fourth-order valence-electron chi connectivity index (χ4n) is 2.36. The maximum Gasteiger partial charge on any atom is 0.336 e. The number of hydrogen-bond donors (Lipinski definition) is 0. The molecule has 0 amide bonds. The topological polar surface area (TPSA) is 30.2 Å². The van der Waals surface area contributed by atoms with Gasteiger partial charge in [0.2, 0.25) is 0 Å². The van der Waals surface area contributed by atoms with Crippen LogP contribution in [0.15, 0.2) is 57.7 Å². The molecule has 2 aromatic carbocycles. The van der Waals surface area contributed by atoms with Crippen LogP contribution >= 0.6 is 0 Å². The second kappa shape index (κ2) is 4.39. The van der Waals surface area contributed by atoms with Crippen LogP contribution in [-0.4, -0.2) is 0 Å². The Morgan fingerprint density at radius 3 is 2.53 bits per heavy atom. The molecule has 1 aromatic heterocycles. The van der Waals surface area contributed by atoms with Crippen molar-refractivity contribution in [3.8, 4) is 11.1 Å². The maximum absolute atomic E-state index is 11.7. The highest BCUT2D eigenvalue weighted by Gasteiger charge is 2.09. The summed E-state index contributed by atoms with van der Waals surface area (Å²) in [5, 5.41) is 0.968. The van der Waals surface area contributed by atoms with Gasteiger partial charge in [-0.25, -0.2) is 4.79 Å². The summed E-state index contributed by atoms with van der Waals surface area (Å²) < 4.78 is 5.24. The van der Waals surface area contributed by atoms with E-state index in [1.165, 1.54) is 5.56 Å². The van der Waals surface area contributed by atoms with Crippen LogP contribution in [0.5, 0.6) is 0 Å². The summed E-state index contributed by atoms with van der Waals surface area (Å²) in [6, 6.07) is 15.5. The minimum Gasteiger partial charge on any atom is -0.423 e. The predicted molar refractivity (Wildman–Crippen MR) is 77.4 cm³/mol. The normalized spacial score (nSPS) is 10.8. The van der Waals surface area contributed by atoms with Crippen LogP contribution in [0.3, 0.4) is 0 Å². The first-order valence-corrected chi connectivity index (χ1v) is 6.26. The average molecular weight is 250 g/mol. The van der Waals surface area contributed by atoms with Crippen molar-refractivity contribution in [2.24, 2.45) is 0 Å². The summed E-state index contributed by atoms with van der Waals surface area (Å²) in [6.45, 7) is 4.11. The van der Waals surface area contributed by atoms with Gasteiger partial charge in [0, 0.05) is 17.0 Å². The quantitative estimate of drug-likeness (QED) is 0.609. The lowest BCUT2D eigenvalue weighted by Crippen LogP contribution is -1.99. The van der Waals surface area contributed by atoms with Crippen LogP contribution in [0.25, 0.3) is 22.1 Å². The van der Waals surface area contributed by atoms with Gasteiger partial charge in [-0.15, -0.1) is 0 Å². The molecule has 0 atom stereocenters. The average Bonchev–Trinajstić information content (AvgIpc) is 2.40. The minimum atomic E-state index is -0.311. The summed E-state index contributed by atoms with van der Waals surface area (Å²) in [7, 11) is 0. The molecule has 0 fully saturated rings. The zero-order valence-electron chi connectivity index (χ0n) is 10.9. The summed E-state index contributed by atoms with van der Waals surface area (Å²) in [5.41, 5.74) is 4.68. The van der Waals surface area contributed by atoms with Crippen molar-refractivity contribution >= 4 is 11.0 Å². The van der Waals surface area contributed by atoms with Gasteiger partial charge < -0.3 is 4.42 Å². The zero-order chi connectivity index (χ0) is 13.4. The number of hydrogen-bond acceptors (Lipinski definition) is 2. The first-order chi connectivity index (χ1) is 9.15. The number of rotatable bonds is 1. The van der Waals surface area contributed by atoms with E-state index in [1.807, 2.05) is 24.3 Å². The summed E-state index contributed by atoms with van der Waals surface area (Å²) in [6.07, 6.45) is 0. The Morgan fingerprint density at radius 2 is 1.68 bits per heavy atom. The third kappa shape index (κ3) is 2.06. The Bertz CT molecular complexity index is 813. The molecule has 0 spiro atoms. The van der Waals surface area contributed by atoms with Crippen LogP contribution in [0.1, 0.15) is 11.1 Å². The number of benzene rings is 2. The van der Waals surface area contributed by atoms with Crippen molar-refractivity contribution in [3.63, 3.8) is 0 Å². The molecule has 0 saturated carbocycles. The first kappa shape index (κ1) is 11.7. The first-order valence-electron chi connectivity index (χ1n) is 6.26.